The van der Waals surface area contributed by atoms with E-state index in [2.05, 4.69) is 42.7 Å². The lowest BCUT2D eigenvalue weighted by Crippen LogP contribution is -2.50. The summed E-state index contributed by atoms with van der Waals surface area (Å²) >= 11 is 1.61. The van der Waals surface area contributed by atoms with Gasteiger partial charge in [-0.05, 0) is 30.7 Å². The summed E-state index contributed by atoms with van der Waals surface area (Å²) in [6.45, 7) is 6.28. The van der Waals surface area contributed by atoms with E-state index in [0.29, 0.717) is 31.9 Å². The molecule has 4 rings (SSSR count). The minimum atomic E-state index is -0.679. The van der Waals surface area contributed by atoms with E-state index in [1.807, 2.05) is 11.5 Å². The van der Waals surface area contributed by atoms with Gasteiger partial charge in [-0.15, -0.1) is 21.5 Å². The standard InChI is InChI=1S/C19H25N7O2S/c1-3-5-26-11-23-24-15(26)7-20-19(28)13-8-25(6-4-14(13)27)18-17-16(21-10-22-18)12(2)9-29-17/h9-11,13-14,27H,3-8H2,1-2H3,(H,20,28)/t13-,14+/m0/s1. The van der Waals surface area contributed by atoms with Crippen molar-refractivity contribution in [3.8, 4) is 0 Å². The molecule has 0 unspecified atom stereocenters. The van der Waals surface area contributed by atoms with E-state index in [1.54, 1.807) is 24.0 Å². The molecule has 29 heavy (non-hydrogen) atoms. The number of aliphatic hydroxyl groups excluding tert-OH is 1. The molecule has 1 fully saturated rings. The molecule has 154 valence electrons. The highest BCUT2D eigenvalue weighted by Crippen LogP contribution is 2.33. The third kappa shape index (κ3) is 3.95. The number of hydrogen-bond acceptors (Lipinski definition) is 8. The van der Waals surface area contributed by atoms with Gasteiger partial charge >= 0.3 is 0 Å². The largest absolute Gasteiger partial charge is 0.392 e. The normalized spacial score (nSPS) is 19.6. The number of anilines is 1. The number of amides is 1. The van der Waals surface area contributed by atoms with Gasteiger partial charge in [-0.3, -0.25) is 4.79 Å². The van der Waals surface area contributed by atoms with Gasteiger partial charge in [0.05, 0.1) is 28.8 Å². The number of thiophene rings is 1. The molecule has 4 heterocycles. The van der Waals surface area contributed by atoms with Crippen molar-refractivity contribution in [2.75, 3.05) is 18.0 Å². The highest BCUT2D eigenvalue weighted by molar-refractivity contribution is 7.18. The number of carbonyl (C=O) groups excluding carboxylic acids is 1. The van der Waals surface area contributed by atoms with Crippen molar-refractivity contribution >= 4 is 33.3 Å². The number of nitrogens with zero attached hydrogens (tertiary/aromatic N) is 6. The van der Waals surface area contributed by atoms with Crippen LogP contribution in [0.15, 0.2) is 18.0 Å². The Hall–Kier alpha value is -2.59. The fourth-order valence-electron chi connectivity index (χ4n) is 3.71. The van der Waals surface area contributed by atoms with Gasteiger partial charge in [-0.25, -0.2) is 9.97 Å². The molecule has 3 aromatic rings. The molecule has 3 aromatic heterocycles. The molecule has 0 radical (unpaired) electrons. The number of rotatable bonds is 6. The highest BCUT2D eigenvalue weighted by Gasteiger charge is 2.34. The lowest BCUT2D eigenvalue weighted by molar-refractivity contribution is -0.129. The summed E-state index contributed by atoms with van der Waals surface area (Å²) in [5.74, 6) is 0.840. The minimum Gasteiger partial charge on any atom is -0.392 e. The van der Waals surface area contributed by atoms with Crippen molar-refractivity contribution in [3.05, 3.63) is 29.4 Å². The molecule has 10 heteroatoms. The third-order valence-corrected chi connectivity index (χ3v) is 6.39. The maximum absolute atomic E-state index is 12.8. The smallest absolute Gasteiger partial charge is 0.227 e. The van der Waals surface area contributed by atoms with Gasteiger partial charge < -0.3 is 19.9 Å². The van der Waals surface area contributed by atoms with E-state index in [9.17, 15) is 9.90 Å². The van der Waals surface area contributed by atoms with Crippen molar-refractivity contribution in [1.29, 1.82) is 0 Å². The van der Waals surface area contributed by atoms with Crippen molar-refractivity contribution < 1.29 is 9.90 Å². The van der Waals surface area contributed by atoms with Crippen molar-refractivity contribution in [1.82, 2.24) is 30.0 Å². The molecule has 2 N–H and O–H groups in total. The first-order valence-corrected chi connectivity index (χ1v) is 10.7. The molecular weight excluding hydrogens is 390 g/mol. The number of carbonyl (C=O) groups is 1. The molecule has 9 nitrogen and oxygen atoms in total. The van der Waals surface area contributed by atoms with Crippen LogP contribution in [-0.2, 0) is 17.9 Å². The predicted octanol–water partition coefficient (Wildman–Crippen LogP) is 1.50. The molecule has 0 spiro atoms. The Balaban J connectivity index is 1.47. The topological polar surface area (TPSA) is 109 Å². The van der Waals surface area contributed by atoms with Crippen LogP contribution in [0.2, 0.25) is 0 Å². The maximum atomic E-state index is 12.8. The number of piperidine rings is 1. The molecule has 0 saturated carbocycles. The van der Waals surface area contributed by atoms with E-state index in [-0.39, 0.29) is 5.91 Å². The molecule has 0 bridgehead atoms. The van der Waals surface area contributed by atoms with E-state index in [0.717, 1.165) is 34.6 Å². The van der Waals surface area contributed by atoms with Crippen LogP contribution in [0.1, 0.15) is 31.2 Å². The van der Waals surface area contributed by atoms with Gasteiger partial charge in [0.25, 0.3) is 0 Å². The van der Waals surface area contributed by atoms with Gasteiger partial charge in [0.15, 0.2) is 5.82 Å². The van der Waals surface area contributed by atoms with Gasteiger partial charge in [-0.2, -0.15) is 0 Å². The summed E-state index contributed by atoms with van der Waals surface area (Å²) in [7, 11) is 0. The Kier molecular flexibility index (Phi) is 5.72. The molecular formula is C19H25N7O2S. The van der Waals surface area contributed by atoms with E-state index in [1.165, 1.54) is 0 Å². The van der Waals surface area contributed by atoms with Gasteiger partial charge in [0.2, 0.25) is 5.91 Å². The Bertz CT molecular complexity index is 1000. The number of aromatic nitrogens is 5. The molecule has 1 amide bonds. The third-order valence-electron chi connectivity index (χ3n) is 5.31. The molecule has 0 aromatic carbocycles. The van der Waals surface area contributed by atoms with Crippen molar-refractivity contribution in [2.45, 2.75) is 45.9 Å². The predicted molar refractivity (Wildman–Crippen MR) is 111 cm³/mol. The fraction of sp³-hybridized carbons (Fsp3) is 0.526. The minimum absolute atomic E-state index is 0.180. The van der Waals surface area contributed by atoms with Crippen LogP contribution in [0, 0.1) is 12.8 Å². The van der Waals surface area contributed by atoms with Crippen molar-refractivity contribution in [2.24, 2.45) is 5.92 Å². The number of hydrogen-bond donors (Lipinski definition) is 2. The van der Waals surface area contributed by atoms with E-state index >= 15 is 0 Å². The Morgan fingerprint density at radius 1 is 1.41 bits per heavy atom. The zero-order valence-corrected chi connectivity index (χ0v) is 17.4. The van der Waals surface area contributed by atoms with Crippen LogP contribution in [0.3, 0.4) is 0 Å². The zero-order valence-electron chi connectivity index (χ0n) is 16.6. The first-order chi connectivity index (χ1) is 14.1. The monoisotopic (exact) mass is 415 g/mol. The fourth-order valence-corrected chi connectivity index (χ4v) is 4.73. The van der Waals surface area contributed by atoms with Gasteiger partial charge in [0, 0.05) is 19.6 Å². The Morgan fingerprint density at radius 2 is 2.28 bits per heavy atom. The van der Waals surface area contributed by atoms with Crippen molar-refractivity contribution in [3.63, 3.8) is 0 Å². The highest BCUT2D eigenvalue weighted by atomic mass is 32.1. The van der Waals surface area contributed by atoms with Crippen LogP contribution in [0.25, 0.3) is 10.2 Å². The van der Waals surface area contributed by atoms with Crippen LogP contribution in [-0.4, -0.2) is 54.9 Å². The molecule has 2 atom stereocenters. The summed E-state index contributed by atoms with van der Waals surface area (Å²) in [6, 6.07) is 0. The summed E-state index contributed by atoms with van der Waals surface area (Å²) in [4.78, 5) is 23.8. The quantitative estimate of drug-likeness (QED) is 0.628. The number of aliphatic hydroxyl groups is 1. The summed E-state index contributed by atoms with van der Waals surface area (Å²) < 4.78 is 2.95. The summed E-state index contributed by atoms with van der Waals surface area (Å²) in [5.41, 5.74) is 2.07. The molecule has 1 aliphatic heterocycles. The number of fused-ring (bicyclic) bond motifs is 1. The lowest BCUT2D eigenvalue weighted by Gasteiger charge is -2.36. The van der Waals surface area contributed by atoms with Crippen LogP contribution in [0.5, 0.6) is 0 Å². The second kappa shape index (κ2) is 8.42. The van der Waals surface area contributed by atoms with Crippen LogP contribution < -0.4 is 10.2 Å². The maximum Gasteiger partial charge on any atom is 0.227 e. The summed E-state index contributed by atoms with van der Waals surface area (Å²) in [6.07, 6.45) is 4.04. The SMILES string of the molecule is CCCn1cnnc1CNC(=O)[C@H]1CN(c2ncnc3c(C)csc23)CC[C@H]1O. The second-order valence-electron chi connectivity index (χ2n) is 7.36. The summed E-state index contributed by atoms with van der Waals surface area (Å²) in [5, 5.41) is 23.5. The molecule has 1 aliphatic rings. The van der Waals surface area contributed by atoms with Gasteiger partial charge in [0.1, 0.15) is 18.5 Å². The first kappa shape index (κ1) is 19.7. The average Bonchev–Trinajstić information content (AvgIpc) is 3.33. The molecule has 1 saturated heterocycles. The average molecular weight is 416 g/mol. The van der Waals surface area contributed by atoms with Gasteiger partial charge in [-0.1, -0.05) is 6.92 Å². The van der Waals surface area contributed by atoms with Crippen LogP contribution >= 0.6 is 11.3 Å². The zero-order chi connectivity index (χ0) is 20.4. The van der Waals surface area contributed by atoms with E-state index in [4.69, 9.17) is 0 Å². The van der Waals surface area contributed by atoms with Crippen LogP contribution in [0.4, 0.5) is 5.82 Å². The number of nitrogens with one attached hydrogen (secondary N) is 1. The first-order valence-electron chi connectivity index (χ1n) is 9.84. The Labute approximate surface area is 172 Å². The second-order valence-corrected chi connectivity index (χ2v) is 8.24. The Morgan fingerprint density at radius 3 is 3.10 bits per heavy atom. The molecule has 0 aliphatic carbocycles. The number of aryl methyl sites for hydroxylation is 2. The lowest BCUT2D eigenvalue weighted by atomic mass is 9.93. The van der Waals surface area contributed by atoms with E-state index < -0.39 is 12.0 Å².